The maximum Gasteiger partial charge on any atom is 0.307 e. The van der Waals surface area contributed by atoms with Crippen molar-refractivity contribution < 1.29 is 14.3 Å². The molecule has 1 aliphatic heterocycles. The van der Waals surface area contributed by atoms with E-state index in [0.717, 1.165) is 36.3 Å². The van der Waals surface area contributed by atoms with Crippen molar-refractivity contribution in [2.75, 3.05) is 13.1 Å². The minimum atomic E-state index is -0.714. The van der Waals surface area contributed by atoms with E-state index < -0.39 is 5.97 Å². The van der Waals surface area contributed by atoms with Crippen LogP contribution in [0.4, 0.5) is 0 Å². The molecule has 0 amide bonds. The van der Waals surface area contributed by atoms with E-state index in [1.165, 1.54) is 0 Å². The molecule has 1 fully saturated rings. The molecule has 3 heterocycles. The van der Waals surface area contributed by atoms with Crippen LogP contribution in [0.1, 0.15) is 35.8 Å². The fourth-order valence-electron chi connectivity index (χ4n) is 3.21. The van der Waals surface area contributed by atoms with Crippen LogP contribution in [0.3, 0.4) is 0 Å². The lowest BCUT2D eigenvalue weighted by Gasteiger charge is -2.36. The quantitative estimate of drug-likeness (QED) is 0.940. The molecule has 2 aromatic heterocycles. The molecule has 0 radical (unpaired) electrons. The van der Waals surface area contributed by atoms with E-state index in [-0.39, 0.29) is 12.0 Å². The molecule has 0 spiro atoms. The fourth-order valence-corrected chi connectivity index (χ4v) is 3.21. The normalized spacial score (nSPS) is 20.7. The number of rotatable bonds is 4. The number of nitrogens with zero attached hydrogens (tertiary/aromatic N) is 2. The summed E-state index contributed by atoms with van der Waals surface area (Å²) in [4.78, 5) is 17.7. The number of hydrogen-bond acceptors (Lipinski definition) is 4. The van der Waals surface area contributed by atoms with Gasteiger partial charge < -0.3 is 9.52 Å². The van der Waals surface area contributed by atoms with Crippen LogP contribution in [0.5, 0.6) is 0 Å². The molecule has 2 unspecified atom stereocenters. The van der Waals surface area contributed by atoms with Gasteiger partial charge in [-0.05, 0) is 55.6 Å². The molecular weight excluding hydrogens is 280 g/mol. The van der Waals surface area contributed by atoms with E-state index in [2.05, 4.69) is 9.88 Å². The summed E-state index contributed by atoms with van der Waals surface area (Å²) in [6, 6.07) is 5.76. The first-order chi connectivity index (χ1) is 10.7. The van der Waals surface area contributed by atoms with Crippen molar-refractivity contribution in [1.82, 2.24) is 9.88 Å². The number of carboxylic acid groups (broad SMARTS) is 1. The van der Waals surface area contributed by atoms with Crippen molar-refractivity contribution in [1.29, 1.82) is 0 Å². The highest BCUT2D eigenvalue weighted by molar-refractivity contribution is 5.70. The van der Waals surface area contributed by atoms with E-state index in [1.54, 1.807) is 12.5 Å². The second kappa shape index (κ2) is 6.32. The summed E-state index contributed by atoms with van der Waals surface area (Å²) in [5.41, 5.74) is 2.21. The molecule has 0 saturated carbocycles. The summed E-state index contributed by atoms with van der Waals surface area (Å²) in [5, 5.41) is 9.33. The fraction of sp³-hybridized carbons (Fsp3) is 0.412. The van der Waals surface area contributed by atoms with Gasteiger partial charge in [0, 0.05) is 18.9 Å². The Balaban J connectivity index is 1.96. The lowest BCUT2D eigenvalue weighted by Crippen LogP contribution is -2.41. The third-order valence-electron chi connectivity index (χ3n) is 4.34. The summed E-state index contributed by atoms with van der Waals surface area (Å²) in [7, 11) is 0. The van der Waals surface area contributed by atoms with Gasteiger partial charge in [-0.2, -0.15) is 0 Å². The standard InChI is InChI=1S/C17H20N2O3/c1-12-10-18-7-6-14(12)16(15-5-3-9-22-15)19-8-2-4-13(11-19)17(20)21/h3,5-7,9-10,13,16H,2,4,8,11H2,1H3,(H,20,21). The molecule has 0 aliphatic carbocycles. The van der Waals surface area contributed by atoms with Gasteiger partial charge >= 0.3 is 5.97 Å². The van der Waals surface area contributed by atoms with Gasteiger partial charge in [0.2, 0.25) is 0 Å². The van der Waals surface area contributed by atoms with Gasteiger partial charge in [0.05, 0.1) is 18.2 Å². The molecule has 22 heavy (non-hydrogen) atoms. The van der Waals surface area contributed by atoms with Gasteiger partial charge in [0.1, 0.15) is 5.76 Å². The van der Waals surface area contributed by atoms with Crippen molar-refractivity contribution in [2.45, 2.75) is 25.8 Å². The van der Waals surface area contributed by atoms with Gasteiger partial charge in [-0.25, -0.2) is 0 Å². The minimum absolute atomic E-state index is 0.0554. The Bertz CT molecular complexity index is 639. The van der Waals surface area contributed by atoms with Crippen LogP contribution in [0.2, 0.25) is 0 Å². The van der Waals surface area contributed by atoms with Gasteiger partial charge in [-0.1, -0.05) is 0 Å². The smallest absolute Gasteiger partial charge is 0.307 e. The van der Waals surface area contributed by atoms with Gasteiger partial charge in [-0.3, -0.25) is 14.7 Å². The number of aliphatic carboxylic acids is 1. The third-order valence-corrected chi connectivity index (χ3v) is 4.34. The number of hydrogen-bond donors (Lipinski definition) is 1. The predicted molar refractivity (Wildman–Crippen MR) is 81.5 cm³/mol. The van der Waals surface area contributed by atoms with E-state index >= 15 is 0 Å². The Hall–Kier alpha value is -2.14. The molecule has 5 heteroatoms. The first-order valence-electron chi connectivity index (χ1n) is 7.57. The molecule has 3 rings (SSSR count). The zero-order chi connectivity index (χ0) is 15.5. The zero-order valence-corrected chi connectivity index (χ0v) is 12.6. The van der Waals surface area contributed by atoms with Crippen molar-refractivity contribution in [3.8, 4) is 0 Å². The van der Waals surface area contributed by atoms with Crippen molar-refractivity contribution >= 4 is 5.97 Å². The Kier molecular flexibility index (Phi) is 4.24. The van der Waals surface area contributed by atoms with E-state index in [1.807, 2.05) is 31.3 Å². The molecular formula is C17H20N2O3. The molecule has 5 nitrogen and oxygen atoms in total. The highest BCUT2D eigenvalue weighted by atomic mass is 16.4. The second-order valence-corrected chi connectivity index (χ2v) is 5.82. The van der Waals surface area contributed by atoms with E-state index in [4.69, 9.17) is 4.42 Å². The average Bonchev–Trinajstić information content (AvgIpc) is 3.04. The van der Waals surface area contributed by atoms with Gasteiger partial charge in [-0.15, -0.1) is 0 Å². The lowest BCUT2D eigenvalue weighted by molar-refractivity contribution is -0.143. The Morgan fingerprint density at radius 3 is 3.05 bits per heavy atom. The predicted octanol–water partition coefficient (Wildman–Crippen LogP) is 2.87. The number of carboxylic acids is 1. The molecule has 116 valence electrons. The number of furan rings is 1. The van der Waals surface area contributed by atoms with Crippen LogP contribution in [0, 0.1) is 12.8 Å². The first-order valence-corrected chi connectivity index (χ1v) is 7.57. The number of aryl methyl sites for hydroxylation is 1. The summed E-state index contributed by atoms with van der Waals surface area (Å²) >= 11 is 0. The van der Waals surface area contributed by atoms with Crippen LogP contribution in [0.15, 0.2) is 41.3 Å². The third kappa shape index (κ3) is 2.90. The molecule has 2 aromatic rings. The summed E-state index contributed by atoms with van der Waals surface area (Å²) in [6.45, 7) is 3.44. The number of likely N-dealkylation sites (tertiary alicyclic amines) is 1. The second-order valence-electron chi connectivity index (χ2n) is 5.82. The van der Waals surface area contributed by atoms with Gasteiger partial charge in [0.25, 0.3) is 0 Å². The van der Waals surface area contributed by atoms with Crippen molar-refractivity contribution in [3.05, 3.63) is 53.7 Å². The Morgan fingerprint density at radius 2 is 2.36 bits per heavy atom. The Morgan fingerprint density at radius 1 is 1.50 bits per heavy atom. The number of carbonyl (C=O) groups is 1. The van der Waals surface area contributed by atoms with Crippen molar-refractivity contribution in [2.24, 2.45) is 5.92 Å². The lowest BCUT2D eigenvalue weighted by atomic mass is 9.93. The topological polar surface area (TPSA) is 66.6 Å². The number of pyridine rings is 1. The maximum absolute atomic E-state index is 11.4. The molecule has 0 bridgehead atoms. The van der Waals surface area contributed by atoms with E-state index in [9.17, 15) is 9.90 Å². The SMILES string of the molecule is Cc1cnccc1C(c1ccco1)N1CCCC(C(=O)O)C1. The molecule has 0 aromatic carbocycles. The Labute approximate surface area is 129 Å². The number of aromatic nitrogens is 1. The zero-order valence-electron chi connectivity index (χ0n) is 12.6. The monoisotopic (exact) mass is 300 g/mol. The van der Waals surface area contributed by atoms with Crippen LogP contribution in [0.25, 0.3) is 0 Å². The largest absolute Gasteiger partial charge is 0.481 e. The molecule has 2 atom stereocenters. The summed E-state index contributed by atoms with van der Waals surface area (Å²) < 4.78 is 5.64. The van der Waals surface area contributed by atoms with Crippen LogP contribution >= 0.6 is 0 Å². The summed E-state index contributed by atoms with van der Waals surface area (Å²) in [6.07, 6.45) is 6.91. The van der Waals surface area contributed by atoms with Crippen LogP contribution in [-0.4, -0.2) is 34.0 Å². The maximum atomic E-state index is 11.4. The van der Waals surface area contributed by atoms with Crippen LogP contribution in [-0.2, 0) is 4.79 Å². The number of piperidine rings is 1. The highest BCUT2D eigenvalue weighted by Crippen LogP contribution is 2.34. The molecule has 1 aliphatic rings. The molecule has 1 saturated heterocycles. The molecule has 1 N–H and O–H groups in total. The highest BCUT2D eigenvalue weighted by Gasteiger charge is 2.33. The van der Waals surface area contributed by atoms with Gasteiger partial charge in [0.15, 0.2) is 0 Å². The average molecular weight is 300 g/mol. The van der Waals surface area contributed by atoms with Crippen LogP contribution < -0.4 is 0 Å². The summed E-state index contributed by atoms with van der Waals surface area (Å²) in [5.74, 6) is -0.178. The minimum Gasteiger partial charge on any atom is -0.481 e. The van der Waals surface area contributed by atoms with E-state index in [0.29, 0.717) is 6.54 Å². The van der Waals surface area contributed by atoms with Crippen molar-refractivity contribution in [3.63, 3.8) is 0 Å². The first kappa shape index (κ1) is 14.8.